The maximum atomic E-state index is 10.7. The average Bonchev–Trinajstić information content (AvgIpc) is 2.68. The minimum atomic E-state index is -0.369. The number of nitro groups is 1. The van der Waals surface area contributed by atoms with Crippen molar-refractivity contribution >= 4 is 5.69 Å². The van der Waals surface area contributed by atoms with Crippen molar-refractivity contribution < 1.29 is 9.66 Å². The molecule has 2 atom stereocenters. The molecular formula is C13H18N2O3. The molecule has 0 spiro atoms. The lowest BCUT2D eigenvalue weighted by Crippen LogP contribution is -2.47. The summed E-state index contributed by atoms with van der Waals surface area (Å²) < 4.78 is 5.55. The summed E-state index contributed by atoms with van der Waals surface area (Å²) in [6.07, 6.45) is 1.12. The summed E-state index contributed by atoms with van der Waals surface area (Å²) in [6, 6.07) is 6.72. The maximum Gasteiger partial charge on any atom is 0.269 e. The Kier molecular flexibility index (Phi) is 3.63. The average molecular weight is 250 g/mol. The lowest BCUT2D eigenvalue weighted by atomic mass is 9.94. The van der Waals surface area contributed by atoms with Gasteiger partial charge in [-0.2, -0.15) is 0 Å². The predicted octanol–water partition coefficient (Wildman–Crippen LogP) is 2.25. The highest BCUT2D eigenvalue weighted by atomic mass is 16.6. The van der Waals surface area contributed by atoms with Crippen LogP contribution < -0.4 is 5.32 Å². The van der Waals surface area contributed by atoms with Gasteiger partial charge >= 0.3 is 0 Å². The number of ether oxygens (including phenoxy) is 1. The van der Waals surface area contributed by atoms with E-state index in [9.17, 15) is 10.1 Å². The largest absolute Gasteiger partial charge is 0.377 e. The zero-order valence-electron chi connectivity index (χ0n) is 10.7. The Morgan fingerprint density at radius 1 is 1.61 bits per heavy atom. The lowest BCUT2D eigenvalue weighted by molar-refractivity contribution is -0.384. The van der Waals surface area contributed by atoms with E-state index in [0.29, 0.717) is 6.54 Å². The van der Waals surface area contributed by atoms with E-state index in [1.54, 1.807) is 12.1 Å². The van der Waals surface area contributed by atoms with Crippen LogP contribution in [0.3, 0.4) is 0 Å². The first kappa shape index (κ1) is 13.0. The molecule has 1 aliphatic rings. The molecule has 1 aromatic rings. The zero-order chi connectivity index (χ0) is 13.2. The number of rotatable bonds is 4. The van der Waals surface area contributed by atoms with Gasteiger partial charge in [0.25, 0.3) is 5.69 Å². The Labute approximate surface area is 106 Å². The molecule has 1 aliphatic heterocycles. The molecule has 1 saturated heterocycles. The SMILES string of the molecule is CC1OCCC1(C)NCc1cccc([N+](=O)[O-])c1. The van der Waals surface area contributed by atoms with Crippen LogP contribution in [0, 0.1) is 10.1 Å². The van der Waals surface area contributed by atoms with Gasteiger partial charge in [0.05, 0.1) is 11.0 Å². The van der Waals surface area contributed by atoms with E-state index >= 15 is 0 Å². The van der Waals surface area contributed by atoms with Crippen LogP contribution in [0.2, 0.25) is 0 Å². The summed E-state index contributed by atoms with van der Waals surface area (Å²) in [4.78, 5) is 10.3. The molecule has 1 aromatic carbocycles. The van der Waals surface area contributed by atoms with Crippen LogP contribution in [0.15, 0.2) is 24.3 Å². The molecule has 1 heterocycles. The molecule has 0 radical (unpaired) electrons. The first-order chi connectivity index (χ1) is 8.51. The lowest BCUT2D eigenvalue weighted by Gasteiger charge is -2.29. The summed E-state index contributed by atoms with van der Waals surface area (Å²) in [5.74, 6) is 0. The Hall–Kier alpha value is -1.46. The van der Waals surface area contributed by atoms with Gasteiger partial charge in [0.15, 0.2) is 0 Å². The summed E-state index contributed by atoms with van der Waals surface area (Å²) >= 11 is 0. The van der Waals surface area contributed by atoms with Gasteiger partial charge in [0.1, 0.15) is 0 Å². The highest BCUT2D eigenvalue weighted by molar-refractivity contribution is 5.34. The Bertz CT molecular complexity index is 450. The minimum absolute atomic E-state index is 0.0510. The number of nitro benzene ring substituents is 1. The van der Waals surface area contributed by atoms with E-state index in [1.807, 2.05) is 13.0 Å². The molecule has 98 valence electrons. The van der Waals surface area contributed by atoms with Crippen LogP contribution in [0.25, 0.3) is 0 Å². The molecule has 0 aliphatic carbocycles. The summed E-state index contributed by atoms with van der Waals surface area (Å²) in [7, 11) is 0. The fourth-order valence-electron chi connectivity index (χ4n) is 2.15. The van der Waals surface area contributed by atoms with Gasteiger partial charge in [-0.15, -0.1) is 0 Å². The number of hydrogen-bond acceptors (Lipinski definition) is 4. The van der Waals surface area contributed by atoms with Crippen LogP contribution in [-0.4, -0.2) is 23.2 Å². The summed E-state index contributed by atoms with van der Waals surface area (Å²) in [5, 5.41) is 14.1. The third-order valence-corrected chi connectivity index (χ3v) is 3.70. The Balaban J connectivity index is 2.02. The van der Waals surface area contributed by atoms with Gasteiger partial charge in [0.2, 0.25) is 0 Å². The van der Waals surface area contributed by atoms with Crippen LogP contribution in [0.1, 0.15) is 25.8 Å². The molecule has 2 rings (SSSR count). The molecule has 0 amide bonds. The monoisotopic (exact) mass is 250 g/mol. The first-order valence-electron chi connectivity index (χ1n) is 6.11. The van der Waals surface area contributed by atoms with Gasteiger partial charge in [-0.3, -0.25) is 10.1 Å². The van der Waals surface area contributed by atoms with Crippen LogP contribution in [-0.2, 0) is 11.3 Å². The minimum Gasteiger partial charge on any atom is -0.377 e. The fourth-order valence-corrected chi connectivity index (χ4v) is 2.15. The van der Waals surface area contributed by atoms with Gasteiger partial charge < -0.3 is 10.1 Å². The molecule has 0 aromatic heterocycles. The standard InChI is InChI=1S/C13H18N2O3/c1-10-13(2,6-7-18-10)14-9-11-4-3-5-12(8-11)15(16)17/h3-5,8,10,14H,6-7,9H2,1-2H3. The summed E-state index contributed by atoms with van der Waals surface area (Å²) in [5.41, 5.74) is 1.00. The van der Waals surface area contributed by atoms with Crippen molar-refractivity contribution in [2.24, 2.45) is 0 Å². The Morgan fingerprint density at radius 2 is 2.39 bits per heavy atom. The van der Waals surface area contributed by atoms with Crippen LogP contribution in [0.5, 0.6) is 0 Å². The molecule has 1 fully saturated rings. The van der Waals surface area contributed by atoms with E-state index in [2.05, 4.69) is 12.2 Å². The van der Waals surface area contributed by atoms with E-state index in [1.165, 1.54) is 6.07 Å². The van der Waals surface area contributed by atoms with Crippen LogP contribution >= 0.6 is 0 Å². The van der Waals surface area contributed by atoms with Gasteiger partial charge in [-0.05, 0) is 25.8 Å². The van der Waals surface area contributed by atoms with Crippen molar-refractivity contribution in [2.75, 3.05) is 6.61 Å². The second-order valence-corrected chi connectivity index (χ2v) is 4.96. The second-order valence-electron chi connectivity index (χ2n) is 4.96. The quantitative estimate of drug-likeness (QED) is 0.657. The molecular weight excluding hydrogens is 232 g/mol. The third-order valence-electron chi connectivity index (χ3n) is 3.70. The molecule has 5 heteroatoms. The number of hydrogen-bond donors (Lipinski definition) is 1. The molecule has 5 nitrogen and oxygen atoms in total. The van der Waals surface area contributed by atoms with Gasteiger partial charge in [-0.1, -0.05) is 12.1 Å². The third kappa shape index (κ3) is 2.68. The van der Waals surface area contributed by atoms with E-state index in [4.69, 9.17) is 4.74 Å². The molecule has 18 heavy (non-hydrogen) atoms. The van der Waals surface area contributed by atoms with Crippen molar-refractivity contribution in [3.05, 3.63) is 39.9 Å². The molecule has 0 saturated carbocycles. The highest BCUT2D eigenvalue weighted by Crippen LogP contribution is 2.25. The number of non-ortho nitro benzene ring substituents is 1. The van der Waals surface area contributed by atoms with Crippen molar-refractivity contribution in [1.82, 2.24) is 5.32 Å². The van der Waals surface area contributed by atoms with E-state index < -0.39 is 0 Å². The topological polar surface area (TPSA) is 64.4 Å². The van der Waals surface area contributed by atoms with E-state index in [-0.39, 0.29) is 22.3 Å². The Morgan fingerprint density at radius 3 is 3.00 bits per heavy atom. The van der Waals surface area contributed by atoms with Crippen LogP contribution in [0.4, 0.5) is 5.69 Å². The molecule has 0 bridgehead atoms. The molecule has 2 unspecified atom stereocenters. The van der Waals surface area contributed by atoms with Crippen molar-refractivity contribution in [1.29, 1.82) is 0 Å². The second kappa shape index (κ2) is 5.04. The maximum absolute atomic E-state index is 10.7. The van der Waals surface area contributed by atoms with Crippen molar-refractivity contribution in [3.63, 3.8) is 0 Å². The number of nitrogens with zero attached hydrogens (tertiary/aromatic N) is 1. The predicted molar refractivity (Wildman–Crippen MR) is 68.4 cm³/mol. The number of benzene rings is 1. The zero-order valence-corrected chi connectivity index (χ0v) is 10.7. The van der Waals surface area contributed by atoms with Crippen molar-refractivity contribution in [3.8, 4) is 0 Å². The fraction of sp³-hybridized carbons (Fsp3) is 0.538. The smallest absolute Gasteiger partial charge is 0.269 e. The highest BCUT2D eigenvalue weighted by Gasteiger charge is 2.36. The van der Waals surface area contributed by atoms with E-state index in [0.717, 1.165) is 18.6 Å². The molecule has 1 N–H and O–H groups in total. The number of nitrogens with one attached hydrogen (secondary N) is 1. The summed E-state index contributed by atoms with van der Waals surface area (Å²) in [6.45, 7) is 5.56. The normalized spacial score (nSPS) is 27.3. The first-order valence-corrected chi connectivity index (χ1v) is 6.11. The van der Waals surface area contributed by atoms with Gasteiger partial charge in [-0.25, -0.2) is 0 Å². The van der Waals surface area contributed by atoms with Gasteiger partial charge in [0, 0.05) is 30.8 Å². The van der Waals surface area contributed by atoms with Crippen molar-refractivity contribution in [2.45, 2.75) is 38.5 Å².